The van der Waals surface area contributed by atoms with E-state index in [-0.39, 0.29) is 13.2 Å². The molecule has 1 aliphatic rings. The Bertz CT molecular complexity index is 1010. The smallest absolute Gasteiger partial charge is 0.184 e. The van der Waals surface area contributed by atoms with Crippen molar-refractivity contribution in [2.45, 2.75) is 50.5 Å². The highest BCUT2D eigenvalue weighted by Crippen LogP contribution is 2.29. The summed E-state index contributed by atoms with van der Waals surface area (Å²) in [5.74, 6) is 0. The maximum atomic E-state index is 10.9. The van der Waals surface area contributed by atoms with Gasteiger partial charge in [0.2, 0.25) is 0 Å². The molecule has 190 valence electrons. The molecule has 0 bridgehead atoms. The minimum absolute atomic E-state index is 0.227. The molecule has 3 aromatic rings. The van der Waals surface area contributed by atoms with Crippen LogP contribution < -0.4 is 0 Å². The van der Waals surface area contributed by atoms with Gasteiger partial charge < -0.3 is 28.8 Å². The summed E-state index contributed by atoms with van der Waals surface area (Å²) >= 11 is 0. The van der Waals surface area contributed by atoms with Crippen LogP contribution in [0.3, 0.4) is 0 Å². The van der Waals surface area contributed by atoms with Crippen molar-refractivity contribution in [2.75, 3.05) is 13.2 Å². The molecule has 0 saturated carbocycles. The van der Waals surface area contributed by atoms with Crippen LogP contribution in [0.4, 0.5) is 0 Å². The van der Waals surface area contributed by atoms with E-state index >= 15 is 0 Å². The number of benzene rings is 3. The first-order valence-electron chi connectivity index (χ1n) is 12.2. The lowest BCUT2D eigenvalue weighted by molar-refractivity contribution is -0.314. The number of ether oxygens (including phenoxy) is 5. The Morgan fingerprint density at radius 1 is 0.667 bits per heavy atom. The second-order valence-electron chi connectivity index (χ2n) is 8.67. The Kier molecular flexibility index (Phi) is 10.2. The summed E-state index contributed by atoms with van der Waals surface area (Å²) in [6.07, 6.45) is -2.01. The molecule has 0 amide bonds. The third-order valence-electron chi connectivity index (χ3n) is 5.98. The summed E-state index contributed by atoms with van der Waals surface area (Å²) in [6, 6.07) is 29.7. The van der Waals surface area contributed by atoms with Crippen molar-refractivity contribution in [3.63, 3.8) is 0 Å². The lowest BCUT2D eigenvalue weighted by Gasteiger charge is -2.44. The Morgan fingerprint density at radius 2 is 1.17 bits per heavy atom. The van der Waals surface area contributed by atoms with Crippen LogP contribution in [0.15, 0.2) is 104 Å². The van der Waals surface area contributed by atoms with Gasteiger partial charge in [0.1, 0.15) is 24.4 Å². The molecule has 0 unspecified atom stereocenters. The highest BCUT2D eigenvalue weighted by atomic mass is 16.7. The summed E-state index contributed by atoms with van der Waals surface area (Å²) in [5, 5.41) is 10.9. The Hall–Kier alpha value is -2.84. The molecule has 0 spiro atoms. The fourth-order valence-corrected chi connectivity index (χ4v) is 4.18. The van der Waals surface area contributed by atoms with E-state index in [1.807, 2.05) is 91.0 Å². The van der Waals surface area contributed by atoms with Crippen molar-refractivity contribution >= 4 is 0 Å². The summed E-state index contributed by atoms with van der Waals surface area (Å²) < 4.78 is 30.6. The molecule has 6 nitrogen and oxygen atoms in total. The first kappa shape index (κ1) is 26.2. The van der Waals surface area contributed by atoms with Gasteiger partial charge in [0.25, 0.3) is 0 Å². The minimum atomic E-state index is -1.20. The molecule has 36 heavy (non-hydrogen) atoms. The van der Waals surface area contributed by atoms with Crippen LogP contribution in [0.25, 0.3) is 0 Å². The monoisotopic (exact) mass is 490 g/mol. The lowest BCUT2D eigenvalue weighted by atomic mass is 9.98. The number of aliphatic hydroxyl groups is 1. The summed E-state index contributed by atoms with van der Waals surface area (Å²) in [5.41, 5.74) is 3.09. The third-order valence-corrected chi connectivity index (χ3v) is 5.98. The fraction of sp³-hybridized carbons (Fsp3) is 0.333. The Morgan fingerprint density at radius 3 is 1.69 bits per heavy atom. The zero-order chi connectivity index (χ0) is 25.0. The molecule has 1 fully saturated rings. The lowest BCUT2D eigenvalue weighted by Crippen LogP contribution is -2.61. The molecule has 0 aliphatic carbocycles. The first-order chi connectivity index (χ1) is 17.7. The number of rotatable bonds is 13. The summed E-state index contributed by atoms with van der Waals surface area (Å²) in [6.45, 7) is 5.33. The summed E-state index contributed by atoms with van der Waals surface area (Å²) in [4.78, 5) is 0. The molecular formula is C30H34O6. The normalized spacial score (nSPS) is 23.9. The van der Waals surface area contributed by atoms with Gasteiger partial charge >= 0.3 is 0 Å². The molecule has 0 radical (unpaired) electrons. The average molecular weight is 491 g/mol. The van der Waals surface area contributed by atoms with Crippen LogP contribution in [-0.2, 0) is 43.5 Å². The van der Waals surface area contributed by atoms with Crippen LogP contribution in [-0.4, -0.2) is 49.0 Å². The predicted molar refractivity (Wildman–Crippen MR) is 137 cm³/mol. The third kappa shape index (κ3) is 7.58. The maximum Gasteiger partial charge on any atom is 0.184 e. The second-order valence-corrected chi connectivity index (χ2v) is 8.67. The van der Waals surface area contributed by atoms with Crippen LogP contribution in [0.2, 0.25) is 0 Å². The van der Waals surface area contributed by atoms with Gasteiger partial charge in [-0.1, -0.05) is 97.1 Å². The van der Waals surface area contributed by atoms with Gasteiger partial charge in [-0.25, -0.2) is 0 Å². The number of hydrogen-bond donors (Lipinski definition) is 1. The van der Waals surface area contributed by atoms with E-state index < -0.39 is 30.7 Å². The van der Waals surface area contributed by atoms with E-state index in [1.54, 1.807) is 6.08 Å². The fourth-order valence-electron chi connectivity index (χ4n) is 4.18. The van der Waals surface area contributed by atoms with Crippen LogP contribution in [0, 0.1) is 0 Å². The number of aliphatic hydroxyl groups excluding tert-OH is 1. The summed E-state index contributed by atoms with van der Waals surface area (Å²) in [7, 11) is 0. The van der Waals surface area contributed by atoms with E-state index in [0.29, 0.717) is 19.8 Å². The average Bonchev–Trinajstić information content (AvgIpc) is 2.92. The van der Waals surface area contributed by atoms with E-state index in [1.165, 1.54) is 0 Å². The largest absolute Gasteiger partial charge is 0.374 e. The molecule has 6 heteroatoms. The number of hydrogen-bond acceptors (Lipinski definition) is 6. The standard InChI is InChI=1S/C30H34O6/c1-2-18-33-29-28(35-21-25-16-10-5-11-17-25)27(34-20-24-14-8-4-9-15-24)26(36-30(29)31)22-32-19-23-12-6-3-7-13-23/h2-17,26-31H,1,18-22H2/t26-,27-,28+,29-,30-/m1/s1. The quantitative estimate of drug-likeness (QED) is 0.352. The SMILES string of the molecule is C=CCO[C@@H]1[C@@H](OCc2ccccc2)[C@H](OCc2ccccc2)[C@@H](COCc2ccccc2)O[C@H]1O. The van der Waals surface area contributed by atoms with Gasteiger partial charge in [0, 0.05) is 0 Å². The molecule has 0 aromatic heterocycles. The topological polar surface area (TPSA) is 66.4 Å². The zero-order valence-corrected chi connectivity index (χ0v) is 20.4. The maximum absolute atomic E-state index is 10.9. The van der Waals surface area contributed by atoms with Crippen molar-refractivity contribution in [3.05, 3.63) is 120 Å². The second kappa shape index (κ2) is 14.0. The van der Waals surface area contributed by atoms with E-state index in [9.17, 15) is 5.11 Å². The van der Waals surface area contributed by atoms with E-state index in [0.717, 1.165) is 16.7 Å². The molecule has 3 aromatic carbocycles. The molecular weight excluding hydrogens is 456 g/mol. The van der Waals surface area contributed by atoms with Crippen LogP contribution in [0.5, 0.6) is 0 Å². The molecule has 1 N–H and O–H groups in total. The van der Waals surface area contributed by atoms with Crippen LogP contribution in [0.1, 0.15) is 16.7 Å². The van der Waals surface area contributed by atoms with Crippen LogP contribution >= 0.6 is 0 Å². The van der Waals surface area contributed by atoms with Crippen molar-refractivity contribution in [1.29, 1.82) is 0 Å². The van der Waals surface area contributed by atoms with E-state index in [2.05, 4.69) is 6.58 Å². The zero-order valence-electron chi connectivity index (χ0n) is 20.4. The molecule has 1 saturated heterocycles. The Labute approximate surface area is 213 Å². The van der Waals surface area contributed by atoms with Gasteiger partial charge in [0.05, 0.1) is 33.0 Å². The van der Waals surface area contributed by atoms with Crippen molar-refractivity contribution in [1.82, 2.24) is 0 Å². The molecule has 4 rings (SSSR count). The van der Waals surface area contributed by atoms with E-state index in [4.69, 9.17) is 23.7 Å². The molecule has 5 atom stereocenters. The first-order valence-corrected chi connectivity index (χ1v) is 12.2. The Balaban J connectivity index is 1.52. The van der Waals surface area contributed by atoms with Crippen molar-refractivity contribution in [2.24, 2.45) is 0 Å². The highest BCUT2D eigenvalue weighted by Gasteiger charge is 2.47. The van der Waals surface area contributed by atoms with Crippen molar-refractivity contribution < 1.29 is 28.8 Å². The van der Waals surface area contributed by atoms with Gasteiger partial charge in [-0.3, -0.25) is 0 Å². The van der Waals surface area contributed by atoms with Gasteiger partial charge in [0.15, 0.2) is 6.29 Å². The molecule has 1 aliphatic heterocycles. The highest BCUT2D eigenvalue weighted by molar-refractivity contribution is 5.15. The van der Waals surface area contributed by atoms with Gasteiger partial charge in [-0.05, 0) is 16.7 Å². The minimum Gasteiger partial charge on any atom is -0.374 e. The van der Waals surface area contributed by atoms with Crippen molar-refractivity contribution in [3.8, 4) is 0 Å². The van der Waals surface area contributed by atoms with Gasteiger partial charge in [-0.15, -0.1) is 6.58 Å². The van der Waals surface area contributed by atoms with Gasteiger partial charge in [-0.2, -0.15) is 0 Å². The molecule has 1 heterocycles. The predicted octanol–water partition coefficient (Wildman–Crippen LogP) is 4.66.